The molecule has 0 fully saturated rings. The summed E-state index contributed by atoms with van der Waals surface area (Å²) in [6, 6.07) is 14.2. The Morgan fingerprint density at radius 1 is 1.08 bits per heavy atom. The average molecular weight is 369 g/mol. The van der Waals surface area contributed by atoms with Crippen LogP contribution in [0.5, 0.6) is 5.75 Å². The Bertz CT molecular complexity index is 880. The van der Waals surface area contributed by atoms with Crippen molar-refractivity contribution in [1.82, 2.24) is 14.8 Å². The van der Waals surface area contributed by atoms with E-state index in [1.807, 2.05) is 30.3 Å². The quantitative estimate of drug-likeness (QED) is 0.672. The number of aryl methyl sites for hydroxylation is 1. The summed E-state index contributed by atoms with van der Waals surface area (Å²) in [4.78, 5) is 0. The van der Waals surface area contributed by atoms with Gasteiger partial charge in [0.1, 0.15) is 18.2 Å². The van der Waals surface area contributed by atoms with Gasteiger partial charge in [-0.2, -0.15) is 0 Å². The van der Waals surface area contributed by atoms with Gasteiger partial charge in [-0.1, -0.05) is 48.5 Å². The van der Waals surface area contributed by atoms with Crippen LogP contribution in [0.3, 0.4) is 0 Å². The molecule has 0 saturated carbocycles. The van der Waals surface area contributed by atoms with E-state index in [2.05, 4.69) is 26.9 Å². The number of thioether (sulfide) groups is 1. The lowest BCUT2D eigenvalue weighted by Gasteiger charge is -2.13. The molecule has 0 aliphatic carbocycles. The third kappa shape index (κ3) is 4.02. The van der Waals surface area contributed by atoms with Crippen LogP contribution in [0.15, 0.2) is 47.6 Å². The number of fused-ring (bicyclic) bond motifs is 2. The van der Waals surface area contributed by atoms with Gasteiger partial charge in [0.05, 0.1) is 6.10 Å². The summed E-state index contributed by atoms with van der Waals surface area (Å²) >= 11 is 1.56. The van der Waals surface area contributed by atoms with E-state index in [1.54, 1.807) is 11.8 Å². The van der Waals surface area contributed by atoms with Gasteiger partial charge in [-0.05, 0) is 35.7 Å². The van der Waals surface area contributed by atoms with E-state index in [0.717, 1.165) is 35.1 Å². The van der Waals surface area contributed by atoms with Crippen LogP contribution in [0.2, 0.25) is 0 Å². The smallest absolute Gasteiger partial charge is 0.191 e. The summed E-state index contributed by atoms with van der Waals surface area (Å²) in [5.41, 5.74) is 0. The van der Waals surface area contributed by atoms with Crippen molar-refractivity contribution in [1.29, 1.82) is 0 Å². The van der Waals surface area contributed by atoms with Gasteiger partial charge in [-0.15, -0.1) is 10.2 Å². The highest BCUT2D eigenvalue weighted by molar-refractivity contribution is 7.99. The lowest BCUT2D eigenvalue weighted by molar-refractivity contribution is 0.126. The van der Waals surface area contributed by atoms with Crippen LogP contribution in [0.25, 0.3) is 10.8 Å². The molecule has 6 heteroatoms. The number of hydrogen-bond donors (Lipinski definition) is 1. The van der Waals surface area contributed by atoms with Gasteiger partial charge in [0.15, 0.2) is 5.16 Å². The Kier molecular flexibility index (Phi) is 5.41. The number of benzene rings is 2. The van der Waals surface area contributed by atoms with Crippen LogP contribution in [0.4, 0.5) is 0 Å². The van der Waals surface area contributed by atoms with Gasteiger partial charge in [0, 0.05) is 18.7 Å². The van der Waals surface area contributed by atoms with Crippen molar-refractivity contribution < 1.29 is 9.84 Å². The highest BCUT2D eigenvalue weighted by Gasteiger charge is 2.16. The molecule has 2 heterocycles. The van der Waals surface area contributed by atoms with Crippen molar-refractivity contribution in [2.75, 3.05) is 12.4 Å². The van der Waals surface area contributed by atoms with Gasteiger partial charge in [-0.25, -0.2) is 0 Å². The SMILES string of the molecule is OC(COc1ccc2ccccc2c1)CSc1nnc2n1CCCCC2. The van der Waals surface area contributed by atoms with Gasteiger partial charge < -0.3 is 14.4 Å². The average Bonchev–Trinajstić information content (AvgIpc) is 2.90. The lowest BCUT2D eigenvalue weighted by atomic mass is 10.1. The second kappa shape index (κ2) is 8.10. The maximum absolute atomic E-state index is 10.3. The topological polar surface area (TPSA) is 60.2 Å². The van der Waals surface area contributed by atoms with Gasteiger partial charge >= 0.3 is 0 Å². The molecule has 5 nitrogen and oxygen atoms in total. The molecule has 1 aliphatic heterocycles. The summed E-state index contributed by atoms with van der Waals surface area (Å²) in [6.45, 7) is 1.25. The molecule has 3 aromatic rings. The first-order valence-electron chi connectivity index (χ1n) is 9.14. The fourth-order valence-electron chi connectivity index (χ4n) is 3.23. The number of nitrogens with zero attached hydrogens (tertiary/aromatic N) is 3. The van der Waals surface area contributed by atoms with Gasteiger partial charge in [0.2, 0.25) is 0 Å². The standard InChI is InChI=1S/C20H23N3O2S/c24-17(13-25-18-10-9-15-6-3-4-7-16(15)12-18)14-26-20-22-21-19-8-2-1-5-11-23(19)20/h3-4,6-7,9-10,12,17,24H,1-2,5,8,11,13-14H2. The van der Waals surface area contributed by atoms with E-state index in [-0.39, 0.29) is 6.61 Å². The highest BCUT2D eigenvalue weighted by Crippen LogP contribution is 2.23. The van der Waals surface area contributed by atoms with E-state index in [1.165, 1.54) is 24.6 Å². The number of aliphatic hydroxyl groups is 1. The van der Waals surface area contributed by atoms with Crippen LogP contribution in [0.1, 0.15) is 25.1 Å². The van der Waals surface area contributed by atoms with Gasteiger partial charge in [0.25, 0.3) is 0 Å². The summed E-state index contributed by atoms with van der Waals surface area (Å²) < 4.78 is 7.98. The van der Waals surface area contributed by atoms with Crippen molar-refractivity contribution in [2.45, 2.75) is 43.5 Å². The Morgan fingerprint density at radius 2 is 1.96 bits per heavy atom. The van der Waals surface area contributed by atoms with E-state index < -0.39 is 6.10 Å². The molecule has 0 spiro atoms. The van der Waals surface area contributed by atoms with E-state index in [4.69, 9.17) is 4.74 Å². The van der Waals surface area contributed by atoms with E-state index in [9.17, 15) is 5.11 Å². The molecule has 2 aromatic carbocycles. The second-order valence-electron chi connectivity index (χ2n) is 6.65. The fraction of sp³-hybridized carbons (Fsp3) is 0.400. The molecule has 1 aromatic heterocycles. The third-order valence-electron chi connectivity index (χ3n) is 4.64. The van der Waals surface area contributed by atoms with Crippen LogP contribution in [-0.4, -0.2) is 38.3 Å². The van der Waals surface area contributed by atoms with Crippen molar-refractivity contribution in [3.63, 3.8) is 0 Å². The molecule has 1 aliphatic rings. The second-order valence-corrected chi connectivity index (χ2v) is 7.63. The Balaban J connectivity index is 1.31. The zero-order valence-electron chi connectivity index (χ0n) is 14.7. The molecule has 0 bridgehead atoms. The van der Waals surface area contributed by atoms with Crippen LogP contribution >= 0.6 is 11.8 Å². The van der Waals surface area contributed by atoms with Crippen molar-refractivity contribution in [3.8, 4) is 5.75 Å². The Morgan fingerprint density at radius 3 is 2.88 bits per heavy atom. The Labute approximate surface area is 157 Å². The monoisotopic (exact) mass is 369 g/mol. The molecular weight excluding hydrogens is 346 g/mol. The van der Waals surface area contributed by atoms with Gasteiger partial charge in [-0.3, -0.25) is 0 Å². The van der Waals surface area contributed by atoms with Crippen LogP contribution in [0, 0.1) is 0 Å². The summed E-state index contributed by atoms with van der Waals surface area (Å²) in [6.07, 6.45) is 4.05. The molecule has 1 atom stereocenters. The number of ether oxygens (including phenoxy) is 1. The highest BCUT2D eigenvalue weighted by atomic mass is 32.2. The fourth-order valence-corrected chi connectivity index (χ4v) is 4.12. The molecule has 0 saturated heterocycles. The van der Waals surface area contributed by atoms with Crippen LogP contribution < -0.4 is 4.74 Å². The van der Waals surface area contributed by atoms with E-state index >= 15 is 0 Å². The van der Waals surface area contributed by atoms with Crippen molar-refractivity contribution in [2.24, 2.45) is 0 Å². The zero-order chi connectivity index (χ0) is 17.8. The molecule has 0 radical (unpaired) electrons. The zero-order valence-corrected chi connectivity index (χ0v) is 15.5. The molecule has 4 rings (SSSR count). The maximum atomic E-state index is 10.3. The summed E-state index contributed by atoms with van der Waals surface area (Å²) in [5.74, 6) is 2.40. The summed E-state index contributed by atoms with van der Waals surface area (Å²) in [7, 11) is 0. The van der Waals surface area contributed by atoms with Crippen LogP contribution in [-0.2, 0) is 13.0 Å². The molecule has 136 valence electrons. The predicted octanol–water partition coefficient (Wildman–Crippen LogP) is 3.69. The first-order chi connectivity index (χ1) is 12.8. The van der Waals surface area contributed by atoms with Crippen molar-refractivity contribution >= 4 is 22.5 Å². The predicted molar refractivity (Wildman–Crippen MR) is 104 cm³/mol. The minimum Gasteiger partial charge on any atom is -0.491 e. The minimum absolute atomic E-state index is 0.270. The number of hydrogen-bond acceptors (Lipinski definition) is 5. The first kappa shape index (κ1) is 17.4. The van der Waals surface area contributed by atoms with Crippen molar-refractivity contribution in [3.05, 3.63) is 48.3 Å². The normalized spacial score (nSPS) is 15.4. The largest absolute Gasteiger partial charge is 0.491 e. The molecule has 0 amide bonds. The summed E-state index contributed by atoms with van der Waals surface area (Å²) in [5, 5.41) is 22.1. The first-order valence-corrected chi connectivity index (χ1v) is 10.1. The lowest BCUT2D eigenvalue weighted by Crippen LogP contribution is -2.20. The number of rotatable bonds is 6. The molecular formula is C20H23N3O2S. The molecule has 26 heavy (non-hydrogen) atoms. The molecule has 1 unspecified atom stereocenters. The molecule has 1 N–H and O–H groups in total. The third-order valence-corrected chi connectivity index (χ3v) is 5.76. The number of aliphatic hydroxyl groups excluding tert-OH is 1. The maximum Gasteiger partial charge on any atom is 0.191 e. The minimum atomic E-state index is -0.551. The van der Waals surface area contributed by atoms with E-state index in [0.29, 0.717) is 5.75 Å². The Hall–Kier alpha value is -2.05. The number of aromatic nitrogens is 3.